The number of nitrogens with two attached hydrogens (primary N) is 1. The molecular weight excluding hydrogens is 183 g/mol. The quantitative estimate of drug-likeness (QED) is 0.738. The fourth-order valence-corrected chi connectivity index (χ4v) is 1.21. The second kappa shape index (κ2) is 3.10. The van der Waals surface area contributed by atoms with Gasteiger partial charge in [-0.05, 0) is 12.1 Å². The molecule has 0 aliphatic carbocycles. The number of pyridine rings is 1. The highest BCUT2D eigenvalue weighted by atomic mass is 19.1. The number of halogens is 1. The number of anilines is 1. The second-order valence-electron chi connectivity index (χ2n) is 2.96. The number of aromatic nitrogens is 3. The van der Waals surface area contributed by atoms with Gasteiger partial charge in [-0.3, -0.25) is 4.68 Å². The van der Waals surface area contributed by atoms with Gasteiger partial charge < -0.3 is 5.73 Å². The molecule has 4 nitrogen and oxygen atoms in total. The summed E-state index contributed by atoms with van der Waals surface area (Å²) in [6.45, 7) is 0. The molecule has 2 aromatic rings. The topological polar surface area (TPSA) is 56.7 Å². The molecule has 0 saturated carbocycles. The van der Waals surface area contributed by atoms with Crippen molar-refractivity contribution in [2.75, 3.05) is 5.73 Å². The Bertz CT molecular complexity index is 464. The molecule has 0 saturated heterocycles. The van der Waals surface area contributed by atoms with Gasteiger partial charge in [-0.1, -0.05) is 0 Å². The van der Waals surface area contributed by atoms with Gasteiger partial charge in [-0.15, -0.1) is 0 Å². The van der Waals surface area contributed by atoms with Crippen molar-refractivity contribution >= 4 is 5.82 Å². The summed E-state index contributed by atoms with van der Waals surface area (Å²) in [6.07, 6.45) is 2.85. The third-order valence-corrected chi connectivity index (χ3v) is 1.87. The van der Waals surface area contributed by atoms with Gasteiger partial charge in [-0.2, -0.15) is 5.10 Å². The summed E-state index contributed by atoms with van der Waals surface area (Å²) in [5.41, 5.74) is 6.74. The Morgan fingerprint density at radius 2 is 2.29 bits per heavy atom. The largest absolute Gasteiger partial charge is 0.383 e. The average molecular weight is 192 g/mol. The first-order chi connectivity index (χ1) is 6.66. The van der Waals surface area contributed by atoms with Crippen LogP contribution in [0.3, 0.4) is 0 Å². The van der Waals surface area contributed by atoms with Gasteiger partial charge in [0.2, 0.25) is 0 Å². The molecule has 0 fully saturated rings. The van der Waals surface area contributed by atoms with Crippen molar-refractivity contribution in [3.05, 3.63) is 30.3 Å². The SMILES string of the molecule is Cn1ccc(-c2cc(F)cnc2N)n1. The first-order valence-corrected chi connectivity index (χ1v) is 4.08. The van der Waals surface area contributed by atoms with Gasteiger partial charge in [0.1, 0.15) is 11.6 Å². The predicted molar refractivity (Wildman–Crippen MR) is 50.8 cm³/mol. The van der Waals surface area contributed by atoms with Crippen LogP contribution in [-0.4, -0.2) is 14.8 Å². The molecule has 2 heterocycles. The summed E-state index contributed by atoms with van der Waals surface area (Å²) in [7, 11) is 1.78. The first-order valence-electron chi connectivity index (χ1n) is 4.08. The van der Waals surface area contributed by atoms with Gasteiger partial charge in [0.15, 0.2) is 0 Å². The van der Waals surface area contributed by atoms with Crippen LogP contribution < -0.4 is 5.73 Å². The number of hydrogen-bond acceptors (Lipinski definition) is 3. The van der Waals surface area contributed by atoms with E-state index in [4.69, 9.17) is 5.73 Å². The molecule has 0 aromatic carbocycles. The van der Waals surface area contributed by atoms with E-state index >= 15 is 0 Å². The molecule has 0 spiro atoms. The maximum absolute atomic E-state index is 12.9. The van der Waals surface area contributed by atoms with Crippen molar-refractivity contribution in [3.8, 4) is 11.3 Å². The predicted octanol–water partition coefficient (Wildman–Crippen LogP) is 1.20. The number of rotatable bonds is 1. The minimum absolute atomic E-state index is 0.283. The summed E-state index contributed by atoms with van der Waals surface area (Å²) >= 11 is 0. The van der Waals surface area contributed by atoms with Crippen molar-refractivity contribution in [3.63, 3.8) is 0 Å². The summed E-state index contributed by atoms with van der Waals surface area (Å²) in [5, 5.41) is 4.11. The Balaban J connectivity index is 2.55. The van der Waals surface area contributed by atoms with Crippen molar-refractivity contribution < 1.29 is 4.39 Å². The zero-order valence-electron chi connectivity index (χ0n) is 7.61. The normalized spacial score (nSPS) is 10.4. The fourth-order valence-electron chi connectivity index (χ4n) is 1.21. The highest BCUT2D eigenvalue weighted by molar-refractivity contribution is 5.70. The minimum atomic E-state index is -0.417. The average Bonchev–Trinajstić information content (AvgIpc) is 2.56. The van der Waals surface area contributed by atoms with Crippen LogP contribution in [-0.2, 0) is 7.05 Å². The molecule has 5 heteroatoms. The Morgan fingerprint density at radius 1 is 1.50 bits per heavy atom. The molecule has 0 amide bonds. The number of hydrogen-bond donors (Lipinski definition) is 1. The summed E-state index contributed by atoms with van der Waals surface area (Å²) in [6, 6.07) is 3.08. The highest BCUT2D eigenvalue weighted by Gasteiger charge is 2.07. The molecule has 2 N–H and O–H groups in total. The van der Waals surface area contributed by atoms with E-state index in [1.54, 1.807) is 24.0 Å². The van der Waals surface area contributed by atoms with E-state index in [1.165, 1.54) is 6.07 Å². The standard InChI is InChI=1S/C9H9FN4/c1-14-3-2-8(13-14)7-4-6(10)5-12-9(7)11/h2-5H,1H3,(H2,11,12). The van der Waals surface area contributed by atoms with Crippen LogP contribution in [0.1, 0.15) is 0 Å². The van der Waals surface area contributed by atoms with Crippen LogP contribution in [0.15, 0.2) is 24.5 Å². The molecular formula is C9H9FN4. The zero-order valence-corrected chi connectivity index (χ0v) is 7.61. The summed E-state index contributed by atoms with van der Waals surface area (Å²) < 4.78 is 14.5. The Hall–Kier alpha value is -1.91. The van der Waals surface area contributed by atoms with Gasteiger partial charge in [-0.25, -0.2) is 9.37 Å². The molecule has 0 unspecified atom stereocenters. The number of aryl methyl sites for hydroxylation is 1. The smallest absolute Gasteiger partial charge is 0.142 e. The molecule has 2 rings (SSSR count). The van der Waals surface area contributed by atoms with Gasteiger partial charge in [0.05, 0.1) is 11.9 Å². The minimum Gasteiger partial charge on any atom is -0.383 e. The lowest BCUT2D eigenvalue weighted by atomic mass is 10.2. The third-order valence-electron chi connectivity index (χ3n) is 1.87. The lowest BCUT2D eigenvalue weighted by molar-refractivity contribution is 0.622. The Labute approximate surface area is 80.2 Å². The lowest BCUT2D eigenvalue weighted by Crippen LogP contribution is -1.96. The monoisotopic (exact) mass is 192 g/mol. The third kappa shape index (κ3) is 1.44. The summed E-state index contributed by atoms with van der Waals surface area (Å²) in [5.74, 6) is -0.134. The molecule has 0 atom stereocenters. The lowest BCUT2D eigenvalue weighted by Gasteiger charge is -2.00. The maximum Gasteiger partial charge on any atom is 0.142 e. The van der Waals surface area contributed by atoms with E-state index < -0.39 is 5.82 Å². The van der Waals surface area contributed by atoms with Gasteiger partial charge in [0, 0.05) is 18.8 Å². The zero-order chi connectivity index (χ0) is 10.1. The highest BCUT2D eigenvalue weighted by Crippen LogP contribution is 2.22. The Kier molecular flexibility index (Phi) is 1.92. The molecule has 2 aromatic heterocycles. The van der Waals surface area contributed by atoms with Gasteiger partial charge >= 0.3 is 0 Å². The molecule has 0 aliphatic rings. The summed E-state index contributed by atoms with van der Waals surface area (Å²) in [4.78, 5) is 3.72. The van der Waals surface area contributed by atoms with E-state index in [0.717, 1.165) is 6.20 Å². The first kappa shape index (κ1) is 8.68. The van der Waals surface area contributed by atoms with Crippen molar-refractivity contribution in [2.24, 2.45) is 7.05 Å². The number of nitrogen functional groups attached to an aromatic ring is 1. The second-order valence-corrected chi connectivity index (χ2v) is 2.96. The molecule has 0 aliphatic heterocycles. The van der Waals surface area contributed by atoms with Crippen LogP contribution in [0.4, 0.5) is 10.2 Å². The molecule has 0 radical (unpaired) electrons. The Morgan fingerprint density at radius 3 is 2.93 bits per heavy atom. The van der Waals surface area contributed by atoms with E-state index in [1.807, 2.05) is 0 Å². The molecule has 0 bridgehead atoms. The molecule has 14 heavy (non-hydrogen) atoms. The fraction of sp³-hybridized carbons (Fsp3) is 0.111. The van der Waals surface area contributed by atoms with Crippen molar-refractivity contribution in [2.45, 2.75) is 0 Å². The van der Waals surface area contributed by atoms with E-state index in [9.17, 15) is 4.39 Å². The van der Waals surface area contributed by atoms with Crippen LogP contribution in [0, 0.1) is 5.82 Å². The number of nitrogens with zero attached hydrogens (tertiary/aromatic N) is 3. The van der Waals surface area contributed by atoms with E-state index in [2.05, 4.69) is 10.1 Å². The van der Waals surface area contributed by atoms with Crippen molar-refractivity contribution in [1.82, 2.24) is 14.8 Å². The van der Waals surface area contributed by atoms with Crippen LogP contribution in [0.2, 0.25) is 0 Å². The van der Waals surface area contributed by atoms with Crippen LogP contribution in [0.25, 0.3) is 11.3 Å². The van der Waals surface area contributed by atoms with E-state index in [-0.39, 0.29) is 5.82 Å². The van der Waals surface area contributed by atoms with Crippen LogP contribution in [0.5, 0.6) is 0 Å². The van der Waals surface area contributed by atoms with E-state index in [0.29, 0.717) is 11.3 Å². The van der Waals surface area contributed by atoms with Crippen molar-refractivity contribution in [1.29, 1.82) is 0 Å². The van der Waals surface area contributed by atoms with Crippen LogP contribution >= 0.6 is 0 Å². The molecule has 72 valence electrons. The maximum atomic E-state index is 12.9. The van der Waals surface area contributed by atoms with Gasteiger partial charge in [0.25, 0.3) is 0 Å².